The zero-order valence-corrected chi connectivity index (χ0v) is 17.3. The van der Waals surface area contributed by atoms with Crippen molar-refractivity contribution >= 4 is 5.96 Å². The number of benzene rings is 1. The lowest BCUT2D eigenvalue weighted by molar-refractivity contribution is 0.140. The lowest BCUT2D eigenvalue weighted by atomic mass is 10.1. The number of aliphatic imine (C=N–C) groups is 1. The molecule has 2 N–H and O–H groups in total. The molecule has 158 valence electrons. The highest BCUT2D eigenvalue weighted by atomic mass is 16.5. The lowest BCUT2D eigenvalue weighted by Crippen LogP contribution is -2.40. The number of hydrogen-bond donors (Lipinski definition) is 2. The molecule has 1 fully saturated rings. The molecule has 1 saturated heterocycles. The maximum absolute atomic E-state index is 6.18. The van der Waals surface area contributed by atoms with Crippen LogP contribution in [0.25, 0.3) is 0 Å². The van der Waals surface area contributed by atoms with Gasteiger partial charge in [0.15, 0.2) is 5.96 Å². The fraction of sp³-hybridized carbons (Fsp3) is 0.500. The molecule has 7 heteroatoms. The van der Waals surface area contributed by atoms with Crippen LogP contribution in [0.5, 0.6) is 5.75 Å². The Labute approximate surface area is 172 Å². The van der Waals surface area contributed by atoms with E-state index in [0.29, 0.717) is 26.3 Å². The van der Waals surface area contributed by atoms with Gasteiger partial charge >= 0.3 is 0 Å². The van der Waals surface area contributed by atoms with Crippen molar-refractivity contribution in [2.75, 3.05) is 40.0 Å². The number of methoxy groups -OCH3 is 1. The third-order valence-corrected chi connectivity index (χ3v) is 4.65. The molecular formula is C22H31N3O4. The van der Waals surface area contributed by atoms with Crippen molar-refractivity contribution in [1.29, 1.82) is 0 Å². The summed E-state index contributed by atoms with van der Waals surface area (Å²) in [5.74, 6) is 2.57. The van der Waals surface area contributed by atoms with E-state index >= 15 is 0 Å². The highest BCUT2D eigenvalue weighted by Crippen LogP contribution is 2.24. The van der Waals surface area contributed by atoms with Gasteiger partial charge in [-0.2, -0.15) is 0 Å². The van der Waals surface area contributed by atoms with Crippen LogP contribution in [-0.2, 0) is 22.4 Å². The predicted octanol–water partition coefficient (Wildman–Crippen LogP) is 2.68. The second kappa shape index (κ2) is 11.5. The molecule has 0 radical (unpaired) electrons. The molecule has 0 amide bonds. The van der Waals surface area contributed by atoms with Crippen LogP contribution in [0.15, 0.2) is 46.0 Å². The van der Waals surface area contributed by atoms with Crippen molar-refractivity contribution in [3.05, 3.63) is 53.5 Å². The molecule has 1 aromatic carbocycles. The fourth-order valence-electron chi connectivity index (χ4n) is 3.06. The summed E-state index contributed by atoms with van der Waals surface area (Å²) in [6.07, 6.45) is 3.52. The molecule has 0 spiro atoms. The zero-order chi connectivity index (χ0) is 20.3. The van der Waals surface area contributed by atoms with Gasteiger partial charge < -0.3 is 29.3 Å². The van der Waals surface area contributed by atoms with Crippen LogP contribution in [0.1, 0.15) is 23.3 Å². The molecule has 2 aromatic rings. The smallest absolute Gasteiger partial charge is 0.191 e. The van der Waals surface area contributed by atoms with Crippen molar-refractivity contribution in [2.45, 2.75) is 32.4 Å². The first kappa shape index (κ1) is 21.2. The van der Waals surface area contributed by atoms with Crippen molar-refractivity contribution in [3.8, 4) is 5.75 Å². The monoisotopic (exact) mass is 401 g/mol. The summed E-state index contributed by atoms with van der Waals surface area (Å²) >= 11 is 0. The van der Waals surface area contributed by atoms with Gasteiger partial charge in [-0.3, -0.25) is 0 Å². The van der Waals surface area contributed by atoms with E-state index in [0.717, 1.165) is 49.0 Å². The van der Waals surface area contributed by atoms with E-state index in [4.69, 9.17) is 23.6 Å². The summed E-state index contributed by atoms with van der Waals surface area (Å²) in [7, 11) is 1.69. The maximum atomic E-state index is 6.18. The van der Waals surface area contributed by atoms with Crippen LogP contribution >= 0.6 is 0 Å². The van der Waals surface area contributed by atoms with Gasteiger partial charge in [0.2, 0.25) is 0 Å². The van der Waals surface area contributed by atoms with Crippen molar-refractivity contribution in [2.24, 2.45) is 4.99 Å². The van der Waals surface area contributed by atoms with Crippen molar-refractivity contribution in [3.63, 3.8) is 0 Å². The Morgan fingerprint density at radius 1 is 1.24 bits per heavy atom. The molecule has 2 heterocycles. The number of nitrogens with one attached hydrogen (secondary N) is 2. The molecular weight excluding hydrogens is 370 g/mol. The number of aryl methyl sites for hydroxylation is 1. The first-order chi connectivity index (χ1) is 14.2. The molecule has 0 saturated carbocycles. The van der Waals surface area contributed by atoms with Gasteiger partial charge in [-0.1, -0.05) is 12.1 Å². The summed E-state index contributed by atoms with van der Waals surface area (Å²) < 4.78 is 22.1. The van der Waals surface area contributed by atoms with Gasteiger partial charge in [0, 0.05) is 38.6 Å². The van der Waals surface area contributed by atoms with Crippen molar-refractivity contribution < 1.29 is 18.6 Å². The van der Waals surface area contributed by atoms with E-state index in [2.05, 4.69) is 35.8 Å². The summed E-state index contributed by atoms with van der Waals surface area (Å²) in [6.45, 7) is 6.01. The van der Waals surface area contributed by atoms with E-state index in [-0.39, 0.29) is 6.10 Å². The molecule has 0 aliphatic carbocycles. The molecule has 1 aromatic heterocycles. The Balaban J connectivity index is 1.62. The Morgan fingerprint density at radius 3 is 2.90 bits per heavy atom. The first-order valence-corrected chi connectivity index (χ1v) is 10.1. The topological polar surface area (TPSA) is 77.2 Å². The van der Waals surface area contributed by atoms with Gasteiger partial charge in [0.05, 0.1) is 32.6 Å². The number of hydrogen-bond acceptors (Lipinski definition) is 5. The zero-order valence-electron chi connectivity index (χ0n) is 17.3. The van der Waals surface area contributed by atoms with Crippen molar-refractivity contribution in [1.82, 2.24) is 10.6 Å². The fourth-order valence-corrected chi connectivity index (χ4v) is 3.06. The Morgan fingerprint density at radius 2 is 2.14 bits per heavy atom. The molecule has 7 nitrogen and oxygen atoms in total. The van der Waals surface area contributed by atoms with Crippen LogP contribution in [0.2, 0.25) is 0 Å². The molecule has 0 bridgehead atoms. The second-order valence-corrected chi connectivity index (χ2v) is 7.06. The standard InChI is InChI=1S/C22H31N3O4/c1-17-5-6-18(21(14-17)29-20-8-12-27-16-20)15-25-22(24-10-13-26-2)23-9-7-19-4-3-11-28-19/h3-6,11,14,20H,7-10,12-13,15-16H2,1-2H3,(H2,23,24,25). The van der Waals surface area contributed by atoms with Crippen LogP contribution in [0, 0.1) is 6.92 Å². The van der Waals surface area contributed by atoms with Crippen LogP contribution in [0.4, 0.5) is 0 Å². The molecule has 3 rings (SSSR count). The predicted molar refractivity (Wildman–Crippen MR) is 112 cm³/mol. The number of nitrogens with zero attached hydrogens (tertiary/aromatic N) is 1. The highest BCUT2D eigenvalue weighted by molar-refractivity contribution is 5.79. The van der Waals surface area contributed by atoms with Crippen LogP contribution in [0.3, 0.4) is 0 Å². The largest absolute Gasteiger partial charge is 0.488 e. The minimum absolute atomic E-state index is 0.116. The third kappa shape index (κ3) is 7.11. The molecule has 29 heavy (non-hydrogen) atoms. The van der Waals surface area contributed by atoms with E-state index in [1.54, 1.807) is 13.4 Å². The Bertz CT molecular complexity index is 755. The number of rotatable bonds is 10. The normalized spacial score (nSPS) is 16.8. The Hall–Kier alpha value is -2.51. The van der Waals surface area contributed by atoms with Gasteiger partial charge in [-0.25, -0.2) is 4.99 Å². The average Bonchev–Trinajstić information content (AvgIpc) is 3.41. The quantitative estimate of drug-likeness (QED) is 0.362. The first-order valence-electron chi connectivity index (χ1n) is 10.1. The van der Waals surface area contributed by atoms with Crippen LogP contribution < -0.4 is 15.4 Å². The molecule has 1 atom stereocenters. The van der Waals surface area contributed by atoms with Crippen LogP contribution in [-0.4, -0.2) is 52.1 Å². The van der Waals surface area contributed by atoms with Gasteiger partial charge in [0.1, 0.15) is 17.6 Å². The minimum Gasteiger partial charge on any atom is -0.488 e. The summed E-state index contributed by atoms with van der Waals surface area (Å²) in [5, 5.41) is 6.65. The lowest BCUT2D eigenvalue weighted by Gasteiger charge is -2.16. The van der Waals surface area contributed by atoms with E-state index < -0.39 is 0 Å². The maximum Gasteiger partial charge on any atom is 0.191 e. The number of ether oxygens (including phenoxy) is 3. The van der Waals surface area contributed by atoms with E-state index in [1.165, 1.54) is 5.56 Å². The molecule has 1 aliphatic heterocycles. The summed E-state index contributed by atoms with van der Waals surface area (Å²) in [6, 6.07) is 10.1. The average molecular weight is 402 g/mol. The van der Waals surface area contributed by atoms with Gasteiger partial charge in [-0.05, 0) is 30.7 Å². The highest BCUT2D eigenvalue weighted by Gasteiger charge is 2.18. The van der Waals surface area contributed by atoms with E-state index in [9.17, 15) is 0 Å². The third-order valence-electron chi connectivity index (χ3n) is 4.65. The molecule has 1 unspecified atom stereocenters. The number of guanidine groups is 1. The number of furan rings is 1. The van der Waals surface area contributed by atoms with Gasteiger partial charge in [0.25, 0.3) is 0 Å². The minimum atomic E-state index is 0.116. The molecule has 1 aliphatic rings. The Kier molecular flexibility index (Phi) is 8.40. The van der Waals surface area contributed by atoms with Gasteiger partial charge in [-0.15, -0.1) is 0 Å². The summed E-state index contributed by atoms with van der Waals surface area (Å²) in [5.41, 5.74) is 2.23. The SMILES string of the molecule is COCCNC(=NCc1ccc(C)cc1OC1CCOC1)NCCc1ccco1. The van der Waals surface area contributed by atoms with E-state index in [1.807, 2.05) is 12.1 Å². The second-order valence-electron chi connectivity index (χ2n) is 7.06. The summed E-state index contributed by atoms with van der Waals surface area (Å²) in [4.78, 5) is 4.75.